The number of imidazole rings is 1. The van der Waals surface area contributed by atoms with Crippen LogP contribution in [0.25, 0.3) is 0 Å². The second kappa shape index (κ2) is 5.04. The Morgan fingerprint density at radius 2 is 2.06 bits per heavy atom. The van der Waals surface area contributed by atoms with E-state index in [4.69, 9.17) is 4.74 Å². The summed E-state index contributed by atoms with van der Waals surface area (Å²) >= 11 is 0. The van der Waals surface area contributed by atoms with Crippen molar-refractivity contribution >= 4 is 0 Å². The molecule has 1 aromatic carbocycles. The number of para-hydroxylation sites is 1. The van der Waals surface area contributed by atoms with Crippen LogP contribution in [-0.4, -0.2) is 9.55 Å². The third kappa shape index (κ3) is 2.67. The van der Waals surface area contributed by atoms with Gasteiger partial charge in [-0.05, 0) is 32.4 Å². The summed E-state index contributed by atoms with van der Waals surface area (Å²) in [6, 6.07) is 8.45. The normalized spacial score (nSPS) is 10.8. The third-order valence-electron chi connectivity index (χ3n) is 2.77. The first-order valence-electron chi connectivity index (χ1n) is 5.87. The molecule has 0 aliphatic carbocycles. The quantitative estimate of drug-likeness (QED) is 0.805. The minimum atomic E-state index is 0.410. The van der Waals surface area contributed by atoms with Crippen LogP contribution in [0.1, 0.15) is 31.1 Å². The van der Waals surface area contributed by atoms with Crippen molar-refractivity contribution in [2.45, 2.75) is 33.4 Å². The molecule has 3 nitrogen and oxygen atoms in total. The standard InChI is InChI=1S/C14H18N2O/c1-11(2)16-10-15-8-13(16)9-17-14-7-5-4-6-12(14)3/h4-8,10-11H,9H2,1-3H3. The summed E-state index contributed by atoms with van der Waals surface area (Å²) < 4.78 is 7.93. The van der Waals surface area contributed by atoms with Gasteiger partial charge in [-0.15, -0.1) is 0 Å². The molecule has 0 bridgehead atoms. The molecule has 1 aromatic heterocycles. The Balaban J connectivity index is 2.08. The van der Waals surface area contributed by atoms with Gasteiger partial charge in [-0.25, -0.2) is 4.98 Å². The van der Waals surface area contributed by atoms with Crippen LogP contribution in [0.15, 0.2) is 36.8 Å². The summed E-state index contributed by atoms with van der Waals surface area (Å²) in [5, 5.41) is 0. The highest BCUT2D eigenvalue weighted by Gasteiger charge is 2.06. The van der Waals surface area contributed by atoms with Gasteiger partial charge in [0.2, 0.25) is 0 Å². The van der Waals surface area contributed by atoms with Gasteiger partial charge in [0.15, 0.2) is 0 Å². The number of benzene rings is 1. The van der Waals surface area contributed by atoms with Crippen molar-refractivity contribution in [2.75, 3.05) is 0 Å². The van der Waals surface area contributed by atoms with Crippen LogP contribution in [0, 0.1) is 6.92 Å². The molecule has 90 valence electrons. The van der Waals surface area contributed by atoms with E-state index in [0.29, 0.717) is 12.6 Å². The zero-order valence-corrected chi connectivity index (χ0v) is 10.6. The Labute approximate surface area is 102 Å². The zero-order chi connectivity index (χ0) is 12.3. The topological polar surface area (TPSA) is 27.1 Å². The molecule has 0 atom stereocenters. The van der Waals surface area contributed by atoms with Crippen molar-refractivity contribution in [2.24, 2.45) is 0 Å². The lowest BCUT2D eigenvalue weighted by atomic mass is 10.2. The molecule has 0 amide bonds. The molecule has 0 N–H and O–H groups in total. The van der Waals surface area contributed by atoms with E-state index in [1.807, 2.05) is 30.7 Å². The van der Waals surface area contributed by atoms with Gasteiger partial charge in [0.05, 0.1) is 18.2 Å². The average Bonchev–Trinajstić information content (AvgIpc) is 2.76. The molecule has 0 unspecified atom stereocenters. The maximum Gasteiger partial charge on any atom is 0.130 e. The summed E-state index contributed by atoms with van der Waals surface area (Å²) in [6.07, 6.45) is 3.71. The van der Waals surface area contributed by atoms with E-state index in [1.54, 1.807) is 0 Å². The summed E-state index contributed by atoms with van der Waals surface area (Å²) in [5.41, 5.74) is 2.26. The van der Waals surface area contributed by atoms with Crippen LogP contribution in [0.5, 0.6) is 5.75 Å². The Morgan fingerprint density at radius 3 is 2.76 bits per heavy atom. The van der Waals surface area contributed by atoms with E-state index in [-0.39, 0.29) is 0 Å². The van der Waals surface area contributed by atoms with Crippen LogP contribution in [0.4, 0.5) is 0 Å². The second-order valence-electron chi connectivity index (χ2n) is 4.44. The number of aryl methyl sites for hydroxylation is 1. The Hall–Kier alpha value is -1.77. The van der Waals surface area contributed by atoms with Crippen molar-refractivity contribution < 1.29 is 4.74 Å². The minimum Gasteiger partial charge on any atom is -0.487 e. The van der Waals surface area contributed by atoms with Crippen LogP contribution in [-0.2, 0) is 6.61 Å². The Morgan fingerprint density at radius 1 is 1.29 bits per heavy atom. The lowest BCUT2D eigenvalue weighted by Gasteiger charge is -2.13. The van der Waals surface area contributed by atoms with Crippen LogP contribution in [0.2, 0.25) is 0 Å². The predicted molar refractivity (Wildman–Crippen MR) is 68.1 cm³/mol. The second-order valence-corrected chi connectivity index (χ2v) is 4.44. The number of nitrogens with zero attached hydrogens (tertiary/aromatic N) is 2. The van der Waals surface area contributed by atoms with Crippen molar-refractivity contribution in [1.82, 2.24) is 9.55 Å². The molecule has 0 radical (unpaired) electrons. The molecule has 0 spiro atoms. The summed E-state index contributed by atoms with van der Waals surface area (Å²) in [4.78, 5) is 4.16. The number of ether oxygens (including phenoxy) is 1. The Bertz CT molecular complexity index is 488. The van der Waals surface area contributed by atoms with Crippen LogP contribution in [0.3, 0.4) is 0 Å². The molecule has 3 heteroatoms. The average molecular weight is 230 g/mol. The van der Waals surface area contributed by atoms with Gasteiger partial charge < -0.3 is 9.30 Å². The summed E-state index contributed by atoms with van der Waals surface area (Å²) in [7, 11) is 0. The summed E-state index contributed by atoms with van der Waals surface area (Å²) in [6.45, 7) is 6.88. The van der Waals surface area contributed by atoms with Crippen molar-refractivity contribution in [1.29, 1.82) is 0 Å². The van der Waals surface area contributed by atoms with Gasteiger partial charge in [-0.1, -0.05) is 18.2 Å². The van der Waals surface area contributed by atoms with Crippen molar-refractivity contribution in [3.63, 3.8) is 0 Å². The maximum atomic E-state index is 5.81. The van der Waals surface area contributed by atoms with Gasteiger partial charge in [0.25, 0.3) is 0 Å². The molecule has 0 saturated heterocycles. The number of hydrogen-bond donors (Lipinski definition) is 0. The number of aromatic nitrogens is 2. The molecular formula is C14H18N2O. The van der Waals surface area contributed by atoms with Gasteiger partial charge >= 0.3 is 0 Å². The SMILES string of the molecule is Cc1ccccc1OCc1cncn1C(C)C. The highest BCUT2D eigenvalue weighted by Crippen LogP contribution is 2.18. The van der Waals surface area contributed by atoms with E-state index in [0.717, 1.165) is 17.0 Å². The van der Waals surface area contributed by atoms with Gasteiger partial charge in [0.1, 0.15) is 12.4 Å². The molecular weight excluding hydrogens is 212 g/mol. The summed E-state index contributed by atoms with van der Waals surface area (Å²) in [5.74, 6) is 0.934. The number of rotatable bonds is 4. The molecule has 2 rings (SSSR count). The van der Waals surface area contributed by atoms with E-state index in [9.17, 15) is 0 Å². The monoisotopic (exact) mass is 230 g/mol. The van der Waals surface area contributed by atoms with E-state index < -0.39 is 0 Å². The first-order valence-corrected chi connectivity index (χ1v) is 5.87. The van der Waals surface area contributed by atoms with E-state index >= 15 is 0 Å². The van der Waals surface area contributed by atoms with E-state index in [1.165, 1.54) is 0 Å². The zero-order valence-electron chi connectivity index (χ0n) is 10.6. The number of hydrogen-bond acceptors (Lipinski definition) is 2. The lowest BCUT2D eigenvalue weighted by Crippen LogP contribution is -2.07. The van der Waals surface area contributed by atoms with Crippen LogP contribution < -0.4 is 4.74 Å². The maximum absolute atomic E-state index is 5.81. The van der Waals surface area contributed by atoms with Crippen LogP contribution >= 0.6 is 0 Å². The fraction of sp³-hybridized carbons (Fsp3) is 0.357. The highest BCUT2D eigenvalue weighted by atomic mass is 16.5. The first-order chi connectivity index (χ1) is 8.18. The fourth-order valence-electron chi connectivity index (χ4n) is 1.78. The molecule has 0 aliphatic rings. The molecule has 1 heterocycles. The van der Waals surface area contributed by atoms with Crippen molar-refractivity contribution in [3.05, 3.63) is 48.0 Å². The first kappa shape index (κ1) is 11.7. The lowest BCUT2D eigenvalue weighted by molar-refractivity contribution is 0.290. The highest BCUT2D eigenvalue weighted by molar-refractivity contribution is 5.31. The molecule has 0 aliphatic heterocycles. The van der Waals surface area contributed by atoms with Gasteiger partial charge in [0, 0.05) is 6.04 Å². The van der Waals surface area contributed by atoms with Gasteiger partial charge in [-0.3, -0.25) is 0 Å². The van der Waals surface area contributed by atoms with Gasteiger partial charge in [-0.2, -0.15) is 0 Å². The predicted octanol–water partition coefficient (Wildman–Crippen LogP) is 3.35. The smallest absolute Gasteiger partial charge is 0.130 e. The molecule has 0 fully saturated rings. The minimum absolute atomic E-state index is 0.410. The molecule has 0 saturated carbocycles. The molecule has 17 heavy (non-hydrogen) atoms. The Kier molecular flexibility index (Phi) is 3.47. The third-order valence-corrected chi connectivity index (χ3v) is 2.77. The fourth-order valence-corrected chi connectivity index (χ4v) is 1.78. The van der Waals surface area contributed by atoms with Crippen molar-refractivity contribution in [3.8, 4) is 5.75 Å². The van der Waals surface area contributed by atoms with E-state index in [2.05, 4.69) is 36.4 Å². The molecule has 2 aromatic rings. The largest absolute Gasteiger partial charge is 0.487 e.